The Morgan fingerprint density at radius 1 is 1.50 bits per heavy atom. The molecular weight excluding hydrogens is 198 g/mol. The Morgan fingerprint density at radius 2 is 2.21 bits per heavy atom. The minimum absolute atomic E-state index is 0.0408. The summed E-state index contributed by atoms with van der Waals surface area (Å²) in [6, 6.07) is 1.77. The van der Waals surface area contributed by atoms with Crippen LogP contribution < -0.4 is 10.6 Å². The van der Waals surface area contributed by atoms with Gasteiger partial charge in [-0.25, -0.2) is 0 Å². The van der Waals surface area contributed by atoms with Crippen molar-refractivity contribution in [3.8, 4) is 0 Å². The lowest BCUT2D eigenvalue weighted by Crippen LogP contribution is -2.42. The fourth-order valence-electron chi connectivity index (χ4n) is 0.912. The molecule has 0 atom stereocenters. The number of hydrogen-bond acceptors (Lipinski definition) is 3. The fourth-order valence-corrected chi connectivity index (χ4v) is 1.08. The highest BCUT2D eigenvalue weighted by Gasteiger charge is 2.14. The van der Waals surface area contributed by atoms with Crippen LogP contribution in [0.3, 0.4) is 0 Å². The van der Waals surface area contributed by atoms with Gasteiger partial charge in [-0.3, -0.25) is 4.98 Å². The summed E-state index contributed by atoms with van der Waals surface area (Å²) in [6.45, 7) is 5.03. The van der Waals surface area contributed by atoms with E-state index < -0.39 is 0 Å². The Morgan fingerprint density at radius 3 is 2.79 bits per heavy atom. The van der Waals surface area contributed by atoms with Crippen LogP contribution in [0, 0.1) is 0 Å². The molecule has 0 aromatic carbocycles. The molecule has 2 N–H and O–H groups in total. The molecule has 0 aliphatic carbocycles. The molecule has 78 valence electrons. The Balaban J connectivity index is 2.58. The molecule has 0 saturated carbocycles. The molecule has 0 bridgehead atoms. The van der Waals surface area contributed by atoms with Crippen LogP contribution >= 0.6 is 11.6 Å². The molecule has 0 saturated heterocycles. The third-order valence-corrected chi connectivity index (χ3v) is 2.50. The third kappa shape index (κ3) is 3.16. The first kappa shape index (κ1) is 11.3. The first-order valence-electron chi connectivity index (χ1n) is 4.57. The zero-order valence-electron chi connectivity index (χ0n) is 8.76. The maximum atomic E-state index is 5.97. The Kier molecular flexibility index (Phi) is 3.72. The van der Waals surface area contributed by atoms with Crippen molar-refractivity contribution in [1.82, 2.24) is 10.3 Å². The first-order valence-corrected chi connectivity index (χ1v) is 4.95. The second-order valence-electron chi connectivity index (χ2n) is 3.84. The van der Waals surface area contributed by atoms with E-state index in [0.717, 1.165) is 12.2 Å². The van der Waals surface area contributed by atoms with Gasteiger partial charge in [0.2, 0.25) is 0 Å². The van der Waals surface area contributed by atoms with Gasteiger partial charge >= 0.3 is 0 Å². The van der Waals surface area contributed by atoms with Gasteiger partial charge < -0.3 is 10.6 Å². The van der Waals surface area contributed by atoms with Crippen LogP contribution in [0.5, 0.6) is 0 Å². The highest BCUT2D eigenvalue weighted by atomic mass is 35.5. The van der Waals surface area contributed by atoms with Crippen LogP contribution in [0.4, 0.5) is 5.69 Å². The van der Waals surface area contributed by atoms with E-state index >= 15 is 0 Å². The van der Waals surface area contributed by atoms with Crippen molar-refractivity contribution in [1.29, 1.82) is 0 Å². The van der Waals surface area contributed by atoms with Crippen LogP contribution in [-0.2, 0) is 0 Å². The second kappa shape index (κ2) is 4.62. The number of aromatic nitrogens is 1. The van der Waals surface area contributed by atoms with Gasteiger partial charge in [0.15, 0.2) is 0 Å². The largest absolute Gasteiger partial charge is 0.381 e. The predicted molar refractivity (Wildman–Crippen MR) is 60.9 cm³/mol. The average molecular weight is 214 g/mol. The summed E-state index contributed by atoms with van der Waals surface area (Å²) in [5.74, 6) is 0. The summed E-state index contributed by atoms with van der Waals surface area (Å²) < 4.78 is 0. The summed E-state index contributed by atoms with van der Waals surface area (Å²) in [5.41, 5.74) is 0.914. The Bertz CT molecular complexity index is 299. The number of hydrogen-bond donors (Lipinski definition) is 2. The van der Waals surface area contributed by atoms with E-state index in [1.165, 1.54) is 0 Å². The topological polar surface area (TPSA) is 37.0 Å². The van der Waals surface area contributed by atoms with E-state index in [0.29, 0.717) is 5.02 Å². The van der Waals surface area contributed by atoms with E-state index in [-0.39, 0.29) is 5.54 Å². The van der Waals surface area contributed by atoms with Crippen molar-refractivity contribution in [2.24, 2.45) is 0 Å². The summed E-state index contributed by atoms with van der Waals surface area (Å²) in [5, 5.41) is 7.15. The van der Waals surface area contributed by atoms with Gasteiger partial charge in [0, 0.05) is 18.3 Å². The minimum atomic E-state index is 0.0408. The zero-order chi connectivity index (χ0) is 10.6. The molecule has 0 radical (unpaired) electrons. The number of rotatable bonds is 4. The van der Waals surface area contributed by atoms with Crippen molar-refractivity contribution in [3.05, 3.63) is 23.5 Å². The number of pyridine rings is 1. The molecule has 1 heterocycles. The van der Waals surface area contributed by atoms with Crippen molar-refractivity contribution < 1.29 is 0 Å². The third-order valence-electron chi connectivity index (χ3n) is 2.17. The van der Waals surface area contributed by atoms with Crippen molar-refractivity contribution in [2.75, 3.05) is 18.9 Å². The summed E-state index contributed by atoms with van der Waals surface area (Å²) in [4.78, 5) is 4.00. The van der Waals surface area contributed by atoms with Crippen LogP contribution in [0.1, 0.15) is 13.8 Å². The summed E-state index contributed by atoms with van der Waals surface area (Å²) >= 11 is 5.97. The first-order chi connectivity index (χ1) is 6.55. The number of nitrogens with one attached hydrogen (secondary N) is 2. The van der Waals surface area contributed by atoms with E-state index in [2.05, 4.69) is 29.5 Å². The van der Waals surface area contributed by atoms with Gasteiger partial charge in [0.05, 0.1) is 16.9 Å². The van der Waals surface area contributed by atoms with Crippen LogP contribution in [0.25, 0.3) is 0 Å². The maximum Gasteiger partial charge on any atom is 0.0716 e. The second-order valence-corrected chi connectivity index (χ2v) is 4.25. The molecule has 0 aliphatic heterocycles. The molecule has 1 aromatic heterocycles. The molecular formula is C10H16ClN3. The summed E-state index contributed by atoms with van der Waals surface area (Å²) in [7, 11) is 1.94. The van der Waals surface area contributed by atoms with Gasteiger partial charge in [-0.05, 0) is 27.0 Å². The summed E-state index contributed by atoms with van der Waals surface area (Å²) in [6.07, 6.45) is 3.41. The van der Waals surface area contributed by atoms with E-state index in [4.69, 9.17) is 11.6 Å². The normalized spacial score (nSPS) is 11.4. The standard InChI is InChI=1S/C10H16ClN3/c1-10(2,12-3)7-14-9-6-13-5-4-8(9)11/h4-6,12,14H,7H2,1-3H3. The molecule has 0 spiro atoms. The number of nitrogens with zero attached hydrogens (tertiary/aromatic N) is 1. The zero-order valence-corrected chi connectivity index (χ0v) is 9.52. The van der Waals surface area contributed by atoms with E-state index in [1.54, 1.807) is 18.5 Å². The van der Waals surface area contributed by atoms with Gasteiger partial charge in [0.25, 0.3) is 0 Å². The predicted octanol–water partition coefficient (Wildman–Crippen LogP) is 2.14. The highest BCUT2D eigenvalue weighted by molar-refractivity contribution is 6.33. The van der Waals surface area contributed by atoms with Crippen molar-refractivity contribution >= 4 is 17.3 Å². The quantitative estimate of drug-likeness (QED) is 0.805. The van der Waals surface area contributed by atoms with Gasteiger partial charge in [0.1, 0.15) is 0 Å². The molecule has 0 fully saturated rings. The van der Waals surface area contributed by atoms with Gasteiger partial charge in [-0.15, -0.1) is 0 Å². The molecule has 0 aliphatic rings. The van der Waals surface area contributed by atoms with E-state index in [9.17, 15) is 0 Å². The number of anilines is 1. The van der Waals surface area contributed by atoms with Crippen molar-refractivity contribution in [2.45, 2.75) is 19.4 Å². The SMILES string of the molecule is CNC(C)(C)CNc1cnccc1Cl. The van der Waals surface area contributed by atoms with Crippen molar-refractivity contribution in [3.63, 3.8) is 0 Å². The molecule has 0 unspecified atom stereocenters. The Hall–Kier alpha value is -0.800. The molecule has 1 aromatic rings. The molecule has 4 heteroatoms. The van der Waals surface area contributed by atoms with E-state index in [1.807, 2.05) is 7.05 Å². The van der Waals surface area contributed by atoms with Gasteiger partial charge in [-0.1, -0.05) is 11.6 Å². The smallest absolute Gasteiger partial charge is 0.0716 e. The molecule has 0 amide bonds. The highest BCUT2D eigenvalue weighted by Crippen LogP contribution is 2.19. The number of halogens is 1. The minimum Gasteiger partial charge on any atom is -0.381 e. The van der Waals surface area contributed by atoms with Crippen LogP contribution in [-0.4, -0.2) is 24.1 Å². The molecule has 3 nitrogen and oxygen atoms in total. The van der Waals surface area contributed by atoms with Crippen LogP contribution in [0.2, 0.25) is 5.02 Å². The average Bonchev–Trinajstić information content (AvgIpc) is 2.17. The monoisotopic (exact) mass is 213 g/mol. The van der Waals surface area contributed by atoms with Crippen LogP contribution in [0.15, 0.2) is 18.5 Å². The molecule has 14 heavy (non-hydrogen) atoms. The maximum absolute atomic E-state index is 5.97. The lowest BCUT2D eigenvalue weighted by atomic mass is 10.1. The Labute approximate surface area is 89.9 Å². The molecule has 1 rings (SSSR count). The fraction of sp³-hybridized carbons (Fsp3) is 0.500. The van der Waals surface area contributed by atoms with Gasteiger partial charge in [-0.2, -0.15) is 0 Å². The number of likely N-dealkylation sites (N-methyl/N-ethyl adjacent to an activating group) is 1. The lowest BCUT2D eigenvalue weighted by Gasteiger charge is -2.25. The lowest BCUT2D eigenvalue weighted by molar-refractivity contribution is 0.448.